The average molecular weight is 247 g/mol. The number of aliphatic hydroxyl groups excluding tert-OH is 1. The lowest BCUT2D eigenvalue weighted by Crippen LogP contribution is -1.99. The third-order valence-corrected chi connectivity index (χ3v) is 2.74. The summed E-state index contributed by atoms with van der Waals surface area (Å²) >= 11 is 0. The predicted molar refractivity (Wildman–Crippen MR) is 67.4 cm³/mol. The SMILES string of the molecule is Cc1cc(COc2c(C)cc(CO)cc2C)on1. The summed E-state index contributed by atoms with van der Waals surface area (Å²) in [4.78, 5) is 0. The average Bonchev–Trinajstić information content (AvgIpc) is 2.73. The quantitative estimate of drug-likeness (QED) is 0.902. The fourth-order valence-corrected chi connectivity index (χ4v) is 1.99. The van der Waals surface area contributed by atoms with Crippen LogP contribution in [0.15, 0.2) is 22.7 Å². The zero-order valence-electron chi connectivity index (χ0n) is 10.9. The van der Waals surface area contributed by atoms with Gasteiger partial charge in [-0.15, -0.1) is 0 Å². The van der Waals surface area contributed by atoms with E-state index in [1.54, 1.807) is 0 Å². The number of hydrogen-bond acceptors (Lipinski definition) is 4. The summed E-state index contributed by atoms with van der Waals surface area (Å²) in [6.07, 6.45) is 0. The van der Waals surface area contributed by atoms with E-state index in [4.69, 9.17) is 14.4 Å². The van der Waals surface area contributed by atoms with E-state index < -0.39 is 0 Å². The van der Waals surface area contributed by atoms with Gasteiger partial charge in [-0.3, -0.25) is 0 Å². The first kappa shape index (κ1) is 12.6. The molecular weight excluding hydrogens is 230 g/mol. The maximum Gasteiger partial charge on any atom is 0.174 e. The Kier molecular flexibility index (Phi) is 3.67. The zero-order valence-corrected chi connectivity index (χ0v) is 10.9. The first-order valence-corrected chi connectivity index (χ1v) is 5.86. The largest absolute Gasteiger partial charge is 0.485 e. The monoisotopic (exact) mass is 247 g/mol. The van der Waals surface area contributed by atoms with Gasteiger partial charge >= 0.3 is 0 Å². The Balaban J connectivity index is 2.14. The van der Waals surface area contributed by atoms with Gasteiger partial charge < -0.3 is 14.4 Å². The van der Waals surface area contributed by atoms with E-state index in [0.717, 1.165) is 28.1 Å². The summed E-state index contributed by atoms with van der Waals surface area (Å²) in [6.45, 7) is 6.21. The number of aromatic nitrogens is 1. The van der Waals surface area contributed by atoms with Gasteiger partial charge in [0.25, 0.3) is 0 Å². The van der Waals surface area contributed by atoms with Crippen LogP contribution in [0.1, 0.15) is 28.1 Å². The van der Waals surface area contributed by atoms with Crippen molar-refractivity contribution in [2.75, 3.05) is 0 Å². The zero-order chi connectivity index (χ0) is 13.1. The summed E-state index contributed by atoms with van der Waals surface area (Å²) in [5, 5.41) is 12.9. The fraction of sp³-hybridized carbons (Fsp3) is 0.357. The molecule has 18 heavy (non-hydrogen) atoms. The van der Waals surface area contributed by atoms with Gasteiger partial charge in [-0.1, -0.05) is 17.3 Å². The molecule has 0 atom stereocenters. The van der Waals surface area contributed by atoms with Crippen LogP contribution in [0.5, 0.6) is 5.75 Å². The Bertz CT molecular complexity index is 523. The molecule has 1 aromatic heterocycles. The second-order valence-electron chi connectivity index (χ2n) is 4.44. The van der Waals surface area contributed by atoms with Crippen LogP contribution in [0, 0.1) is 20.8 Å². The number of aliphatic hydroxyl groups is 1. The van der Waals surface area contributed by atoms with Gasteiger partial charge in [0.2, 0.25) is 0 Å². The van der Waals surface area contributed by atoms with E-state index in [-0.39, 0.29) is 6.61 Å². The maximum atomic E-state index is 9.12. The van der Waals surface area contributed by atoms with E-state index >= 15 is 0 Å². The number of hydrogen-bond donors (Lipinski definition) is 1. The third kappa shape index (κ3) is 2.71. The molecule has 4 nitrogen and oxygen atoms in total. The highest BCUT2D eigenvalue weighted by molar-refractivity contribution is 5.43. The van der Waals surface area contributed by atoms with Crippen molar-refractivity contribution in [2.45, 2.75) is 34.0 Å². The topological polar surface area (TPSA) is 55.5 Å². The number of rotatable bonds is 4. The predicted octanol–water partition coefficient (Wildman–Crippen LogP) is 2.67. The molecule has 96 valence electrons. The molecule has 0 amide bonds. The first-order chi connectivity index (χ1) is 8.60. The smallest absolute Gasteiger partial charge is 0.174 e. The van der Waals surface area contributed by atoms with Crippen molar-refractivity contribution >= 4 is 0 Å². The molecule has 1 aromatic carbocycles. The highest BCUT2D eigenvalue weighted by Crippen LogP contribution is 2.25. The van der Waals surface area contributed by atoms with Crippen molar-refractivity contribution in [3.63, 3.8) is 0 Å². The van der Waals surface area contributed by atoms with E-state index in [9.17, 15) is 0 Å². The summed E-state index contributed by atoms with van der Waals surface area (Å²) in [6, 6.07) is 5.70. The van der Waals surface area contributed by atoms with Crippen LogP contribution in [-0.4, -0.2) is 10.3 Å². The van der Waals surface area contributed by atoms with Crippen molar-refractivity contribution in [1.82, 2.24) is 5.16 Å². The number of nitrogens with zero attached hydrogens (tertiary/aromatic N) is 1. The molecule has 4 heteroatoms. The van der Waals surface area contributed by atoms with Crippen LogP contribution in [-0.2, 0) is 13.2 Å². The van der Waals surface area contributed by atoms with Crippen LogP contribution in [0.4, 0.5) is 0 Å². The highest BCUT2D eigenvalue weighted by atomic mass is 16.5. The Labute approximate surface area is 106 Å². The molecule has 0 aliphatic rings. The normalized spacial score (nSPS) is 10.7. The number of ether oxygens (including phenoxy) is 1. The van der Waals surface area contributed by atoms with Gasteiger partial charge in [0.05, 0.1) is 12.3 Å². The molecule has 0 saturated carbocycles. The Morgan fingerprint density at radius 1 is 1.17 bits per heavy atom. The highest BCUT2D eigenvalue weighted by Gasteiger charge is 2.08. The van der Waals surface area contributed by atoms with Crippen LogP contribution < -0.4 is 4.74 Å². The molecule has 0 unspecified atom stereocenters. The van der Waals surface area contributed by atoms with Crippen LogP contribution in [0.25, 0.3) is 0 Å². The molecule has 1 N–H and O–H groups in total. The third-order valence-electron chi connectivity index (χ3n) is 2.74. The molecule has 0 bridgehead atoms. The summed E-state index contributed by atoms with van der Waals surface area (Å²) in [5.74, 6) is 1.54. The van der Waals surface area contributed by atoms with Crippen molar-refractivity contribution in [3.05, 3.63) is 46.3 Å². The second kappa shape index (κ2) is 5.23. The molecule has 0 fully saturated rings. The molecule has 0 saturated heterocycles. The lowest BCUT2D eigenvalue weighted by Gasteiger charge is -2.12. The van der Waals surface area contributed by atoms with E-state index in [2.05, 4.69) is 5.16 Å². The number of aryl methyl sites for hydroxylation is 3. The molecule has 0 aliphatic carbocycles. The standard InChI is InChI=1S/C14H17NO3/c1-9-4-12(7-16)5-10(2)14(9)17-8-13-6-11(3)15-18-13/h4-6,16H,7-8H2,1-3H3. The molecule has 1 heterocycles. The fourth-order valence-electron chi connectivity index (χ4n) is 1.99. The van der Waals surface area contributed by atoms with Crippen LogP contribution >= 0.6 is 0 Å². The summed E-state index contributed by atoms with van der Waals surface area (Å²) in [7, 11) is 0. The van der Waals surface area contributed by atoms with E-state index in [1.165, 1.54) is 0 Å². The van der Waals surface area contributed by atoms with Gasteiger partial charge in [0.1, 0.15) is 12.4 Å². The molecule has 2 rings (SSSR count). The van der Waals surface area contributed by atoms with Crippen molar-refractivity contribution < 1.29 is 14.4 Å². The molecule has 2 aromatic rings. The minimum atomic E-state index is 0.0449. The summed E-state index contributed by atoms with van der Waals surface area (Å²) in [5.41, 5.74) is 3.76. The molecular formula is C14H17NO3. The lowest BCUT2D eigenvalue weighted by molar-refractivity contribution is 0.245. The molecule has 0 radical (unpaired) electrons. The van der Waals surface area contributed by atoms with Crippen molar-refractivity contribution in [1.29, 1.82) is 0 Å². The first-order valence-electron chi connectivity index (χ1n) is 5.86. The minimum Gasteiger partial charge on any atom is -0.485 e. The molecule has 0 spiro atoms. The van der Waals surface area contributed by atoms with E-state index in [0.29, 0.717) is 12.4 Å². The maximum absolute atomic E-state index is 9.12. The summed E-state index contributed by atoms with van der Waals surface area (Å²) < 4.78 is 10.8. The van der Waals surface area contributed by atoms with Gasteiger partial charge in [0, 0.05) is 6.07 Å². The van der Waals surface area contributed by atoms with Crippen molar-refractivity contribution in [3.8, 4) is 5.75 Å². The minimum absolute atomic E-state index is 0.0449. The van der Waals surface area contributed by atoms with Crippen LogP contribution in [0.2, 0.25) is 0 Å². The Hall–Kier alpha value is -1.81. The van der Waals surface area contributed by atoms with Gasteiger partial charge in [-0.25, -0.2) is 0 Å². The lowest BCUT2D eigenvalue weighted by atomic mass is 10.1. The molecule has 0 aliphatic heterocycles. The van der Waals surface area contributed by atoms with Gasteiger partial charge in [-0.2, -0.15) is 0 Å². The van der Waals surface area contributed by atoms with Crippen molar-refractivity contribution in [2.24, 2.45) is 0 Å². The van der Waals surface area contributed by atoms with Gasteiger partial charge in [-0.05, 0) is 37.5 Å². The Morgan fingerprint density at radius 3 is 2.33 bits per heavy atom. The number of benzene rings is 1. The van der Waals surface area contributed by atoms with E-state index in [1.807, 2.05) is 39.0 Å². The van der Waals surface area contributed by atoms with Crippen LogP contribution in [0.3, 0.4) is 0 Å². The second-order valence-corrected chi connectivity index (χ2v) is 4.44. The van der Waals surface area contributed by atoms with Gasteiger partial charge in [0.15, 0.2) is 5.76 Å². The Morgan fingerprint density at radius 2 is 1.83 bits per heavy atom.